The van der Waals surface area contributed by atoms with Crippen molar-refractivity contribution < 1.29 is 14.5 Å². The summed E-state index contributed by atoms with van der Waals surface area (Å²) in [5.74, 6) is -0.142. The van der Waals surface area contributed by atoms with E-state index >= 15 is 0 Å². The first-order valence-electron chi connectivity index (χ1n) is 9.60. The summed E-state index contributed by atoms with van der Waals surface area (Å²) in [7, 11) is 0. The average molecular weight is 374 g/mol. The van der Waals surface area contributed by atoms with Gasteiger partial charge in [-0.2, -0.15) is 0 Å². The van der Waals surface area contributed by atoms with E-state index in [1.165, 1.54) is 25.3 Å². The van der Waals surface area contributed by atoms with Gasteiger partial charge in [-0.1, -0.05) is 37.5 Å². The van der Waals surface area contributed by atoms with Crippen LogP contribution < -0.4 is 5.32 Å². The van der Waals surface area contributed by atoms with Crippen molar-refractivity contribution >= 4 is 17.6 Å². The summed E-state index contributed by atoms with van der Waals surface area (Å²) in [5, 5.41) is 14.2. The molecular formula is C19H26N4O4. The molecule has 1 saturated heterocycles. The van der Waals surface area contributed by atoms with Gasteiger partial charge in [-0.3, -0.25) is 14.9 Å². The molecule has 0 radical (unpaired) electrons. The smallest absolute Gasteiger partial charge is 0.317 e. The molecule has 1 aliphatic heterocycles. The highest BCUT2D eigenvalue weighted by atomic mass is 16.6. The number of amides is 3. The number of hydrogen-bond donors (Lipinski definition) is 1. The highest BCUT2D eigenvalue weighted by Crippen LogP contribution is 2.20. The molecule has 27 heavy (non-hydrogen) atoms. The quantitative estimate of drug-likeness (QED) is 0.646. The standard InChI is InChI=1S/C19H26N4O4/c24-18(14-15-6-4-5-9-17(15)23(26)27)21-10-12-22(13-11-21)19(25)20-16-7-2-1-3-8-16/h4-6,9,16H,1-3,7-8,10-14H2,(H,20,25). The molecule has 2 fully saturated rings. The van der Waals surface area contributed by atoms with Gasteiger partial charge >= 0.3 is 6.03 Å². The molecule has 1 aliphatic carbocycles. The number of nitrogens with one attached hydrogen (secondary N) is 1. The lowest BCUT2D eigenvalue weighted by molar-refractivity contribution is -0.385. The topological polar surface area (TPSA) is 95.8 Å². The molecule has 1 N–H and O–H groups in total. The zero-order chi connectivity index (χ0) is 19.2. The van der Waals surface area contributed by atoms with E-state index in [0.29, 0.717) is 31.7 Å². The maximum Gasteiger partial charge on any atom is 0.317 e. The Hall–Kier alpha value is -2.64. The molecule has 8 heteroatoms. The van der Waals surface area contributed by atoms with Crippen LogP contribution in [0.15, 0.2) is 24.3 Å². The number of piperazine rings is 1. The van der Waals surface area contributed by atoms with E-state index in [4.69, 9.17) is 0 Å². The number of nitrogens with zero attached hydrogens (tertiary/aromatic N) is 3. The van der Waals surface area contributed by atoms with E-state index in [1.54, 1.807) is 28.0 Å². The number of rotatable bonds is 4. The molecule has 1 saturated carbocycles. The lowest BCUT2D eigenvalue weighted by Gasteiger charge is -2.36. The summed E-state index contributed by atoms with van der Waals surface area (Å²) in [4.78, 5) is 39.0. The van der Waals surface area contributed by atoms with E-state index in [-0.39, 0.29) is 30.1 Å². The Bertz CT molecular complexity index is 695. The Balaban J connectivity index is 1.49. The fraction of sp³-hybridized carbons (Fsp3) is 0.579. The molecule has 3 rings (SSSR count). The molecule has 146 valence electrons. The Kier molecular flexibility index (Phi) is 6.26. The van der Waals surface area contributed by atoms with Crippen molar-refractivity contribution in [2.45, 2.75) is 44.6 Å². The van der Waals surface area contributed by atoms with Crippen LogP contribution in [0.2, 0.25) is 0 Å². The van der Waals surface area contributed by atoms with Crippen LogP contribution in [-0.2, 0) is 11.2 Å². The van der Waals surface area contributed by atoms with Crippen molar-refractivity contribution in [2.75, 3.05) is 26.2 Å². The molecule has 0 spiro atoms. The lowest BCUT2D eigenvalue weighted by atomic mass is 9.96. The van der Waals surface area contributed by atoms with Gasteiger partial charge in [-0.15, -0.1) is 0 Å². The molecular weight excluding hydrogens is 348 g/mol. The second-order valence-electron chi connectivity index (χ2n) is 7.21. The number of urea groups is 1. The van der Waals surface area contributed by atoms with Crippen molar-refractivity contribution in [1.82, 2.24) is 15.1 Å². The van der Waals surface area contributed by atoms with E-state index in [1.807, 2.05) is 0 Å². The summed E-state index contributed by atoms with van der Waals surface area (Å²) in [6, 6.07) is 6.54. The predicted octanol–water partition coefficient (Wildman–Crippen LogP) is 2.32. The van der Waals surface area contributed by atoms with Gasteiger partial charge in [-0.05, 0) is 12.8 Å². The number of carbonyl (C=O) groups is 2. The van der Waals surface area contributed by atoms with Crippen LogP contribution in [0.5, 0.6) is 0 Å². The first-order chi connectivity index (χ1) is 13.0. The number of nitro benzene ring substituents is 1. The Morgan fingerprint density at radius 3 is 2.33 bits per heavy atom. The zero-order valence-electron chi connectivity index (χ0n) is 15.4. The number of benzene rings is 1. The third kappa shape index (κ3) is 4.96. The molecule has 1 aromatic carbocycles. The van der Waals surface area contributed by atoms with Gasteiger partial charge in [0.1, 0.15) is 0 Å². The van der Waals surface area contributed by atoms with Crippen molar-refractivity contribution in [1.29, 1.82) is 0 Å². The predicted molar refractivity (Wildman–Crippen MR) is 100 cm³/mol. The largest absolute Gasteiger partial charge is 0.339 e. The van der Waals surface area contributed by atoms with Gasteiger partial charge in [-0.25, -0.2) is 4.79 Å². The fourth-order valence-electron chi connectivity index (χ4n) is 3.78. The van der Waals surface area contributed by atoms with Crippen LogP contribution in [0.4, 0.5) is 10.5 Å². The Labute approximate surface area is 158 Å². The van der Waals surface area contributed by atoms with Crippen molar-refractivity contribution in [2.24, 2.45) is 0 Å². The summed E-state index contributed by atoms with van der Waals surface area (Å²) in [6.07, 6.45) is 5.66. The molecule has 2 aliphatic rings. The van der Waals surface area contributed by atoms with Crippen molar-refractivity contribution in [3.63, 3.8) is 0 Å². The number of nitro groups is 1. The Morgan fingerprint density at radius 1 is 1.04 bits per heavy atom. The maximum atomic E-state index is 12.5. The van der Waals surface area contributed by atoms with Crippen LogP contribution in [0.3, 0.4) is 0 Å². The molecule has 0 bridgehead atoms. The Morgan fingerprint density at radius 2 is 1.67 bits per heavy atom. The van der Waals surface area contributed by atoms with Gasteiger partial charge in [0.15, 0.2) is 0 Å². The SMILES string of the molecule is O=C(Cc1ccccc1[N+](=O)[O-])N1CCN(C(=O)NC2CCCCC2)CC1. The molecule has 8 nitrogen and oxygen atoms in total. The number of para-hydroxylation sites is 1. The molecule has 0 unspecified atom stereocenters. The normalized spacial score (nSPS) is 18.2. The molecule has 1 aromatic rings. The third-order valence-electron chi connectivity index (χ3n) is 5.38. The third-order valence-corrected chi connectivity index (χ3v) is 5.38. The van der Waals surface area contributed by atoms with Gasteiger partial charge in [0.05, 0.1) is 11.3 Å². The minimum Gasteiger partial charge on any atom is -0.339 e. The highest BCUT2D eigenvalue weighted by Gasteiger charge is 2.27. The van der Waals surface area contributed by atoms with Gasteiger partial charge < -0.3 is 15.1 Å². The van der Waals surface area contributed by atoms with Crippen molar-refractivity contribution in [3.8, 4) is 0 Å². The minimum atomic E-state index is -0.462. The van der Waals surface area contributed by atoms with E-state index in [0.717, 1.165) is 12.8 Å². The molecule has 3 amide bonds. The van der Waals surface area contributed by atoms with Crippen LogP contribution in [-0.4, -0.2) is 58.9 Å². The number of hydrogen-bond acceptors (Lipinski definition) is 4. The van der Waals surface area contributed by atoms with E-state index in [2.05, 4.69) is 5.32 Å². The minimum absolute atomic E-state index is 0.00538. The lowest BCUT2D eigenvalue weighted by Crippen LogP contribution is -2.55. The van der Waals surface area contributed by atoms with E-state index in [9.17, 15) is 19.7 Å². The van der Waals surface area contributed by atoms with Crippen LogP contribution in [0.25, 0.3) is 0 Å². The number of carbonyl (C=O) groups excluding carboxylic acids is 2. The van der Waals surface area contributed by atoms with Gasteiger partial charge in [0.2, 0.25) is 5.91 Å². The van der Waals surface area contributed by atoms with Crippen LogP contribution in [0.1, 0.15) is 37.7 Å². The van der Waals surface area contributed by atoms with Crippen LogP contribution >= 0.6 is 0 Å². The van der Waals surface area contributed by atoms with Crippen molar-refractivity contribution in [3.05, 3.63) is 39.9 Å². The van der Waals surface area contributed by atoms with Gasteiger partial charge in [0, 0.05) is 43.9 Å². The summed E-state index contributed by atoms with van der Waals surface area (Å²) >= 11 is 0. The zero-order valence-corrected chi connectivity index (χ0v) is 15.4. The summed E-state index contributed by atoms with van der Waals surface area (Å²) in [6.45, 7) is 1.89. The molecule has 0 atom stereocenters. The van der Waals surface area contributed by atoms with Crippen LogP contribution in [0, 0.1) is 10.1 Å². The van der Waals surface area contributed by atoms with Gasteiger partial charge in [0.25, 0.3) is 5.69 Å². The molecule has 0 aromatic heterocycles. The second kappa shape index (κ2) is 8.83. The second-order valence-corrected chi connectivity index (χ2v) is 7.21. The highest BCUT2D eigenvalue weighted by molar-refractivity contribution is 5.80. The fourth-order valence-corrected chi connectivity index (χ4v) is 3.78. The molecule has 1 heterocycles. The summed E-state index contributed by atoms with van der Waals surface area (Å²) in [5.41, 5.74) is 0.390. The first kappa shape index (κ1) is 19.1. The monoisotopic (exact) mass is 374 g/mol. The summed E-state index contributed by atoms with van der Waals surface area (Å²) < 4.78 is 0. The van der Waals surface area contributed by atoms with E-state index < -0.39 is 4.92 Å². The maximum absolute atomic E-state index is 12.5. The first-order valence-corrected chi connectivity index (χ1v) is 9.60. The average Bonchev–Trinajstić information content (AvgIpc) is 2.69.